The highest BCUT2D eigenvalue weighted by molar-refractivity contribution is 5.81. The summed E-state index contributed by atoms with van der Waals surface area (Å²) in [6.07, 6.45) is 0.967. The van der Waals surface area contributed by atoms with Crippen LogP contribution < -0.4 is 5.32 Å². The molecule has 0 spiro atoms. The van der Waals surface area contributed by atoms with E-state index in [-0.39, 0.29) is 18.0 Å². The molecule has 0 saturated heterocycles. The minimum absolute atomic E-state index is 0.136. The van der Waals surface area contributed by atoms with Crippen molar-refractivity contribution in [3.8, 4) is 0 Å². The van der Waals surface area contributed by atoms with Gasteiger partial charge >= 0.3 is 0 Å². The van der Waals surface area contributed by atoms with Crippen LogP contribution in [0.5, 0.6) is 0 Å². The van der Waals surface area contributed by atoms with Crippen LogP contribution in [0, 0.1) is 0 Å². The van der Waals surface area contributed by atoms with Crippen LogP contribution in [-0.2, 0) is 11.3 Å². The third-order valence-electron chi connectivity index (χ3n) is 3.41. The number of rotatable bonds is 6. The molecule has 100 valence electrons. The van der Waals surface area contributed by atoms with E-state index in [0.717, 1.165) is 6.42 Å². The quantitative estimate of drug-likeness (QED) is 0.838. The van der Waals surface area contributed by atoms with E-state index in [4.69, 9.17) is 0 Å². The van der Waals surface area contributed by atoms with Gasteiger partial charge in [0.15, 0.2) is 0 Å². The van der Waals surface area contributed by atoms with Crippen LogP contribution in [0.1, 0.15) is 32.8 Å². The molecule has 1 rings (SSSR count). The Kier molecular flexibility index (Phi) is 5.86. The lowest BCUT2D eigenvalue weighted by Crippen LogP contribution is -2.47. The van der Waals surface area contributed by atoms with E-state index in [2.05, 4.69) is 31.3 Å². The standard InChI is InChI=1S/C15H24N2O/c1-5-12(2)17(15(18)13(3)16-4)11-14-9-7-6-8-10-14/h6-10,12-13,16H,5,11H2,1-4H3. The van der Waals surface area contributed by atoms with Gasteiger partial charge in [0.05, 0.1) is 6.04 Å². The molecule has 0 aromatic heterocycles. The fourth-order valence-electron chi connectivity index (χ4n) is 1.82. The molecule has 1 aromatic carbocycles. The predicted molar refractivity (Wildman–Crippen MR) is 75.3 cm³/mol. The summed E-state index contributed by atoms with van der Waals surface area (Å²) in [7, 11) is 1.82. The molecule has 2 atom stereocenters. The molecule has 3 nitrogen and oxygen atoms in total. The molecule has 0 aliphatic rings. The maximum atomic E-state index is 12.3. The van der Waals surface area contributed by atoms with Crippen molar-refractivity contribution in [1.82, 2.24) is 10.2 Å². The molecule has 0 bridgehead atoms. The molecule has 1 aromatic rings. The van der Waals surface area contributed by atoms with Gasteiger partial charge in [0, 0.05) is 12.6 Å². The number of hydrogen-bond acceptors (Lipinski definition) is 2. The lowest BCUT2D eigenvalue weighted by Gasteiger charge is -2.31. The van der Waals surface area contributed by atoms with Crippen LogP contribution in [-0.4, -0.2) is 29.9 Å². The maximum absolute atomic E-state index is 12.3. The van der Waals surface area contributed by atoms with Gasteiger partial charge in [-0.25, -0.2) is 0 Å². The number of nitrogens with zero attached hydrogens (tertiary/aromatic N) is 1. The first-order chi connectivity index (χ1) is 8.60. The molecule has 2 unspecified atom stereocenters. The Morgan fingerprint density at radius 1 is 1.28 bits per heavy atom. The van der Waals surface area contributed by atoms with Gasteiger partial charge in [-0.1, -0.05) is 37.3 Å². The molecule has 3 heteroatoms. The summed E-state index contributed by atoms with van der Waals surface area (Å²) in [4.78, 5) is 14.3. The summed E-state index contributed by atoms with van der Waals surface area (Å²) in [5.74, 6) is 0.163. The number of hydrogen-bond donors (Lipinski definition) is 1. The van der Waals surface area contributed by atoms with Crippen molar-refractivity contribution in [2.24, 2.45) is 0 Å². The van der Waals surface area contributed by atoms with Crippen LogP contribution in [0.3, 0.4) is 0 Å². The topological polar surface area (TPSA) is 32.3 Å². The Morgan fingerprint density at radius 2 is 1.89 bits per heavy atom. The van der Waals surface area contributed by atoms with Crippen LogP contribution in [0.2, 0.25) is 0 Å². The zero-order valence-electron chi connectivity index (χ0n) is 11.8. The van der Waals surface area contributed by atoms with Gasteiger partial charge in [-0.15, -0.1) is 0 Å². The maximum Gasteiger partial charge on any atom is 0.239 e. The lowest BCUT2D eigenvalue weighted by atomic mass is 10.1. The van der Waals surface area contributed by atoms with Crippen molar-refractivity contribution in [1.29, 1.82) is 0 Å². The smallest absolute Gasteiger partial charge is 0.239 e. The Balaban J connectivity index is 2.82. The zero-order chi connectivity index (χ0) is 13.5. The monoisotopic (exact) mass is 248 g/mol. The third-order valence-corrected chi connectivity index (χ3v) is 3.41. The summed E-state index contributed by atoms with van der Waals surface area (Å²) in [5, 5.41) is 3.02. The fourth-order valence-corrected chi connectivity index (χ4v) is 1.82. The number of benzene rings is 1. The van der Waals surface area contributed by atoms with Crippen molar-refractivity contribution in [2.75, 3.05) is 7.05 Å². The van der Waals surface area contributed by atoms with Gasteiger partial charge in [-0.3, -0.25) is 4.79 Å². The van der Waals surface area contributed by atoms with Crippen molar-refractivity contribution in [3.63, 3.8) is 0 Å². The molecule has 0 aliphatic carbocycles. The van der Waals surface area contributed by atoms with Crippen LogP contribution in [0.25, 0.3) is 0 Å². The molecule has 0 radical (unpaired) electrons. The van der Waals surface area contributed by atoms with Crippen molar-refractivity contribution < 1.29 is 4.79 Å². The molecular weight excluding hydrogens is 224 g/mol. The molecular formula is C15H24N2O. The average Bonchev–Trinajstić information content (AvgIpc) is 2.43. The van der Waals surface area contributed by atoms with Crippen LogP contribution >= 0.6 is 0 Å². The van der Waals surface area contributed by atoms with Crippen molar-refractivity contribution in [2.45, 2.75) is 45.8 Å². The van der Waals surface area contributed by atoms with Crippen LogP contribution in [0.15, 0.2) is 30.3 Å². The van der Waals surface area contributed by atoms with Gasteiger partial charge < -0.3 is 10.2 Å². The van der Waals surface area contributed by atoms with Gasteiger partial charge in [0.2, 0.25) is 5.91 Å². The number of nitrogens with one attached hydrogen (secondary N) is 1. The highest BCUT2D eigenvalue weighted by atomic mass is 16.2. The van der Waals surface area contributed by atoms with E-state index >= 15 is 0 Å². The molecule has 0 aliphatic heterocycles. The lowest BCUT2D eigenvalue weighted by molar-refractivity contribution is -0.135. The van der Waals surface area contributed by atoms with Gasteiger partial charge in [0.1, 0.15) is 0 Å². The van der Waals surface area contributed by atoms with Gasteiger partial charge in [-0.05, 0) is 32.9 Å². The highest BCUT2D eigenvalue weighted by Crippen LogP contribution is 2.12. The number of amides is 1. The number of likely N-dealkylation sites (N-methyl/N-ethyl adjacent to an activating group) is 1. The van der Waals surface area contributed by atoms with E-state index in [1.807, 2.05) is 37.1 Å². The fraction of sp³-hybridized carbons (Fsp3) is 0.533. The normalized spacial score (nSPS) is 14.0. The number of carbonyl (C=O) groups excluding carboxylic acids is 1. The van der Waals surface area contributed by atoms with Crippen molar-refractivity contribution in [3.05, 3.63) is 35.9 Å². The first-order valence-corrected chi connectivity index (χ1v) is 6.61. The minimum Gasteiger partial charge on any atom is -0.334 e. The zero-order valence-corrected chi connectivity index (χ0v) is 11.8. The van der Waals surface area contributed by atoms with E-state index in [1.54, 1.807) is 0 Å². The molecule has 0 saturated carbocycles. The van der Waals surface area contributed by atoms with Gasteiger partial charge in [-0.2, -0.15) is 0 Å². The van der Waals surface area contributed by atoms with E-state index < -0.39 is 0 Å². The third kappa shape index (κ3) is 3.84. The average molecular weight is 248 g/mol. The molecule has 1 amide bonds. The second-order valence-corrected chi connectivity index (χ2v) is 4.72. The molecule has 0 fully saturated rings. The molecule has 0 heterocycles. The summed E-state index contributed by atoms with van der Waals surface area (Å²) in [6, 6.07) is 10.3. The Hall–Kier alpha value is -1.35. The first kappa shape index (κ1) is 14.7. The molecule has 1 N–H and O–H groups in total. The SMILES string of the molecule is CCC(C)N(Cc1ccccc1)C(=O)C(C)NC. The Morgan fingerprint density at radius 3 is 2.39 bits per heavy atom. The second kappa shape index (κ2) is 7.17. The first-order valence-electron chi connectivity index (χ1n) is 6.61. The van der Waals surface area contributed by atoms with E-state index in [1.165, 1.54) is 5.56 Å². The van der Waals surface area contributed by atoms with Crippen LogP contribution in [0.4, 0.5) is 0 Å². The van der Waals surface area contributed by atoms with E-state index in [9.17, 15) is 4.79 Å². The molecule has 18 heavy (non-hydrogen) atoms. The Labute approximate surface area is 110 Å². The number of carbonyl (C=O) groups is 1. The summed E-state index contributed by atoms with van der Waals surface area (Å²) >= 11 is 0. The predicted octanol–water partition coefficient (Wildman–Crippen LogP) is 2.42. The highest BCUT2D eigenvalue weighted by Gasteiger charge is 2.22. The van der Waals surface area contributed by atoms with Gasteiger partial charge in [0.25, 0.3) is 0 Å². The van der Waals surface area contributed by atoms with Crippen molar-refractivity contribution >= 4 is 5.91 Å². The second-order valence-electron chi connectivity index (χ2n) is 4.72. The summed E-state index contributed by atoms with van der Waals surface area (Å²) < 4.78 is 0. The summed E-state index contributed by atoms with van der Waals surface area (Å²) in [5.41, 5.74) is 1.18. The Bertz CT molecular complexity index is 364. The van der Waals surface area contributed by atoms with E-state index in [0.29, 0.717) is 6.54 Å². The minimum atomic E-state index is -0.136. The summed E-state index contributed by atoms with van der Waals surface area (Å²) in [6.45, 7) is 6.80. The largest absolute Gasteiger partial charge is 0.334 e.